The van der Waals surface area contributed by atoms with Crippen LogP contribution in [0.15, 0.2) is 0 Å². The average molecular weight is 152 g/mol. The van der Waals surface area contributed by atoms with E-state index in [1.165, 1.54) is 25.7 Å². The van der Waals surface area contributed by atoms with Gasteiger partial charge in [-0.25, -0.2) is 0 Å². The van der Waals surface area contributed by atoms with Gasteiger partial charge in [0.2, 0.25) is 0 Å². The van der Waals surface area contributed by atoms with Crippen molar-refractivity contribution in [2.45, 2.75) is 38.6 Å². The normalized spacial score (nSPS) is 21.5. The van der Waals surface area contributed by atoms with Gasteiger partial charge in [0.15, 0.2) is 0 Å². The number of hydrogen-bond acceptors (Lipinski definition) is 2. The molecule has 0 spiro atoms. The molecule has 1 N–H and O–H groups in total. The molecule has 0 aliphatic heterocycles. The van der Waals surface area contributed by atoms with Crippen LogP contribution in [0.2, 0.25) is 0 Å². The minimum Gasteiger partial charge on any atom is -0.302 e. The molecule has 1 fully saturated rings. The van der Waals surface area contributed by atoms with Gasteiger partial charge in [0, 0.05) is 6.04 Å². The number of rotatable bonds is 3. The molecule has 0 radical (unpaired) electrons. The van der Waals surface area contributed by atoms with E-state index in [9.17, 15) is 0 Å². The number of nitrogens with one attached hydrogen (secondary N) is 1. The third-order valence-electron chi connectivity index (χ3n) is 2.61. The average Bonchev–Trinajstić information content (AvgIpc) is 2.52. The highest BCUT2D eigenvalue weighted by atomic mass is 14.9. The van der Waals surface area contributed by atoms with Gasteiger partial charge in [-0.1, -0.05) is 12.8 Å². The van der Waals surface area contributed by atoms with Gasteiger partial charge in [0.25, 0.3) is 0 Å². The monoisotopic (exact) mass is 152 g/mol. The SMILES string of the molecule is CC(NCC#N)C1CCCC1. The van der Waals surface area contributed by atoms with E-state index in [0.717, 1.165) is 5.92 Å². The van der Waals surface area contributed by atoms with Crippen molar-refractivity contribution >= 4 is 0 Å². The Morgan fingerprint density at radius 1 is 1.55 bits per heavy atom. The molecule has 1 aliphatic carbocycles. The van der Waals surface area contributed by atoms with E-state index < -0.39 is 0 Å². The number of nitriles is 1. The molecule has 1 rings (SSSR count). The maximum Gasteiger partial charge on any atom is 0.0843 e. The molecule has 1 unspecified atom stereocenters. The fourth-order valence-corrected chi connectivity index (χ4v) is 1.83. The highest BCUT2D eigenvalue weighted by Crippen LogP contribution is 2.27. The Morgan fingerprint density at radius 2 is 2.18 bits per heavy atom. The van der Waals surface area contributed by atoms with Crippen molar-refractivity contribution in [3.05, 3.63) is 0 Å². The Labute approximate surface area is 68.6 Å². The summed E-state index contributed by atoms with van der Waals surface area (Å²) in [6, 6.07) is 2.65. The minimum atomic E-state index is 0.498. The first-order valence-corrected chi connectivity index (χ1v) is 4.45. The van der Waals surface area contributed by atoms with Crippen LogP contribution in [-0.4, -0.2) is 12.6 Å². The Bertz CT molecular complexity index is 142. The number of hydrogen-bond donors (Lipinski definition) is 1. The van der Waals surface area contributed by atoms with Gasteiger partial charge in [-0.2, -0.15) is 5.26 Å². The second kappa shape index (κ2) is 4.35. The van der Waals surface area contributed by atoms with E-state index in [1.54, 1.807) is 0 Å². The zero-order chi connectivity index (χ0) is 8.10. The lowest BCUT2D eigenvalue weighted by Crippen LogP contribution is -2.32. The van der Waals surface area contributed by atoms with Gasteiger partial charge >= 0.3 is 0 Å². The Morgan fingerprint density at radius 3 is 2.73 bits per heavy atom. The Balaban J connectivity index is 2.18. The van der Waals surface area contributed by atoms with Crippen LogP contribution in [0.25, 0.3) is 0 Å². The molecule has 0 aromatic heterocycles. The Kier molecular flexibility index (Phi) is 3.38. The van der Waals surface area contributed by atoms with Crippen molar-refractivity contribution in [2.24, 2.45) is 5.92 Å². The lowest BCUT2D eigenvalue weighted by molar-refractivity contribution is 0.396. The summed E-state index contributed by atoms with van der Waals surface area (Å²) < 4.78 is 0. The molecule has 0 saturated heterocycles. The largest absolute Gasteiger partial charge is 0.302 e. The summed E-state index contributed by atoms with van der Waals surface area (Å²) in [7, 11) is 0. The van der Waals surface area contributed by atoms with Crippen molar-refractivity contribution in [1.82, 2.24) is 5.32 Å². The maximum atomic E-state index is 8.35. The highest BCUT2D eigenvalue weighted by Gasteiger charge is 2.20. The number of nitrogens with zero attached hydrogens (tertiary/aromatic N) is 1. The van der Waals surface area contributed by atoms with Crippen molar-refractivity contribution in [2.75, 3.05) is 6.54 Å². The quantitative estimate of drug-likeness (QED) is 0.624. The van der Waals surface area contributed by atoms with Gasteiger partial charge in [0.05, 0.1) is 12.6 Å². The first-order valence-electron chi connectivity index (χ1n) is 4.45. The topological polar surface area (TPSA) is 35.8 Å². The minimum absolute atomic E-state index is 0.498. The standard InChI is InChI=1S/C9H16N2/c1-8(11-7-6-10)9-4-2-3-5-9/h8-9,11H,2-5,7H2,1H3. The summed E-state index contributed by atoms with van der Waals surface area (Å²) in [5, 5.41) is 11.6. The summed E-state index contributed by atoms with van der Waals surface area (Å²) in [4.78, 5) is 0. The maximum absolute atomic E-state index is 8.35. The van der Waals surface area contributed by atoms with E-state index in [1.807, 2.05) is 0 Å². The molecule has 0 amide bonds. The van der Waals surface area contributed by atoms with Crippen LogP contribution >= 0.6 is 0 Å². The fourth-order valence-electron chi connectivity index (χ4n) is 1.83. The van der Waals surface area contributed by atoms with Crippen LogP contribution in [0, 0.1) is 17.2 Å². The van der Waals surface area contributed by atoms with Crippen LogP contribution in [0.3, 0.4) is 0 Å². The Hall–Kier alpha value is -0.550. The third-order valence-corrected chi connectivity index (χ3v) is 2.61. The predicted molar refractivity (Wildman–Crippen MR) is 45.0 cm³/mol. The van der Waals surface area contributed by atoms with Crippen molar-refractivity contribution in [3.8, 4) is 6.07 Å². The second-order valence-corrected chi connectivity index (χ2v) is 3.37. The lowest BCUT2D eigenvalue weighted by atomic mass is 10.00. The summed E-state index contributed by atoms with van der Waals surface area (Å²) in [5.74, 6) is 0.823. The van der Waals surface area contributed by atoms with Crippen LogP contribution in [0.1, 0.15) is 32.6 Å². The molecule has 1 saturated carbocycles. The third kappa shape index (κ3) is 2.51. The molecule has 0 bridgehead atoms. The molecule has 2 heteroatoms. The zero-order valence-electron chi connectivity index (χ0n) is 7.14. The molecule has 0 aromatic rings. The van der Waals surface area contributed by atoms with Gasteiger partial charge in [-0.05, 0) is 25.7 Å². The van der Waals surface area contributed by atoms with Crippen molar-refractivity contribution in [3.63, 3.8) is 0 Å². The van der Waals surface area contributed by atoms with Crippen molar-refractivity contribution < 1.29 is 0 Å². The summed E-state index contributed by atoms with van der Waals surface area (Å²) in [6.07, 6.45) is 5.45. The lowest BCUT2D eigenvalue weighted by Gasteiger charge is -2.18. The molecule has 2 nitrogen and oxygen atoms in total. The molecular weight excluding hydrogens is 136 g/mol. The molecule has 11 heavy (non-hydrogen) atoms. The van der Waals surface area contributed by atoms with Gasteiger partial charge in [0.1, 0.15) is 0 Å². The van der Waals surface area contributed by atoms with Crippen molar-refractivity contribution in [1.29, 1.82) is 5.26 Å². The zero-order valence-corrected chi connectivity index (χ0v) is 7.14. The molecule has 1 atom stereocenters. The molecular formula is C9H16N2. The fraction of sp³-hybridized carbons (Fsp3) is 0.889. The first kappa shape index (κ1) is 8.55. The van der Waals surface area contributed by atoms with Crippen LogP contribution in [0.5, 0.6) is 0 Å². The van der Waals surface area contributed by atoms with E-state index >= 15 is 0 Å². The van der Waals surface area contributed by atoms with Gasteiger partial charge < -0.3 is 5.32 Å². The molecule has 62 valence electrons. The van der Waals surface area contributed by atoms with E-state index in [0.29, 0.717) is 12.6 Å². The van der Waals surface area contributed by atoms with Crippen LogP contribution in [0.4, 0.5) is 0 Å². The summed E-state index contributed by atoms with van der Waals surface area (Å²) in [6.45, 7) is 2.69. The second-order valence-electron chi connectivity index (χ2n) is 3.37. The van der Waals surface area contributed by atoms with E-state index in [4.69, 9.17) is 5.26 Å². The van der Waals surface area contributed by atoms with Crippen LogP contribution in [-0.2, 0) is 0 Å². The van der Waals surface area contributed by atoms with E-state index in [-0.39, 0.29) is 0 Å². The summed E-state index contributed by atoms with van der Waals surface area (Å²) in [5.41, 5.74) is 0. The first-order chi connectivity index (χ1) is 5.34. The van der Waals surface area contributed by atoms with Crippen LogP contribution < -0.4 is 5.32 Å². The molecule has 0 heterocycles. The predicted octanol–water partition coefficient (Wildman–Crippen LogP) is 1.68. The van der Waals surface area contributed by atoms with Gasteiger partial charge in [-0.3, -0.25) is 0 Å². The van der Waals surface area contributed by atoms with Gasteiger partial charge in [-0.15, -0.1) is 0 Å². The smallest absolute Gasteiger partial charge is 0.0843 e. The summed E-state index contributed by atoms with van der Waals surface area (Å²) >= 11 is 0. The van der Waals surface area contributed by atoms with E-state index in [2.05, 4.69) is 18.3 Å². The molecule has 1 aliphatic rings. The molecule has 0 aromatic carbocycles. The highest BCUT2D eigenvalue weighted by molar-refractivity contribution is 4.81.